The molecule has 1 aromatic carbocycles. The third-order valence-corrected chi connectivity index (χ3v) is 5.57. The first-order valence-electron chi connectivity index (χ1n) is 7.37. The van der Waals surface area contributed by atoms with E-state index in [9.17, 15) is 13.7 Å². The van der Waals surface area contributed by atoms with Crippen molar-refractivity contribution in [2.45, 2.75) is 38.3 Å². The van der Waals surface area contributed by atoms with E-state index in [-0.39, 0.29) is 12.1 Å². The summed E-state index contributed by atoms with van der Waals surface area (Å²) in [6, 6.07) is 6.32. The third-order valence-electron chi connectivity index (χ3n) is 4.31. The smallest absolute Gasteiger partial charge is 0.264 e. The molecule has 1 heterocycles. The van der Waals surface area contributed by atoms with Crippen molar-refractivity contribution in [2.24, 2.45) is 0 Å². The highest BCUT2D eigenvalue weighted by Crippen LogP contribution is 2.38. The third kappa shape index (κ3) is 3.30. The van der Waals surface area contributed by atoms with E-state index in [0.717, 1.165) is 40.0 Å². The minimum absolute atomic E-state index is 0.197. The number of nitriles is 1. The van der Waals surface area contributed by atoms with E-state index in [1.807, 2.05) is 25.3 Å². The van der Waals surface area contributed by atoms with Crippen molar-refractivity contribution in [2.75, 3.05) is 6.26 Å². The summed E-state index contributed by atoms with van der Waals surface area (Å²) in [7, 11) is -3.42. The molecule has 2 aromatic rings. The first-order chi connectivity index (χ1) is 10.8. The number of aromatic nitrogens is 1. The second-order valence-electron chi connectivity index (χ2n) is 6.07. The summed E-state index contributed by atoms with van der Waals surface area (Å²) in [6.45, 7) is 1.92. The van der Waals surface area contributed by atoms with Crippen molar-refractivity contribution >= 4 is 37.0 Å². The van der Waals surface area contributed by atoms with E-state index in [2.05, 4.69) is 26.6 Å². The average Bonchev–Trinajstić information content (AvgIpc) is 3.01. The predicted octanol–water partition coefficient (Wildman–Crippen LogP) is 3.65. The second-order valence-corrected chi connectivity index (χ2v) is 8.52. The fourth-order valence-corrected chi connectivity index (χ4v) is 4.49. The maximum absolute atomic E-state index is 11.3. The van der Waals surface area contributed by atoms with Crippen LogP contribution in [0.5, 0.6) is 0 Å². The first kappa shape index (κ1) is 16.5. The fraction of sp³-hybridized carbons (Fsp3) is 0.438. The molecule has 3 rings (SSSR count). The molecule has 1 saturated carbocycles. The van der Waals surface area contributed by atoms with Crippen LogP contribution in [0.4, 0.5) is 0 Å². The van der Waals surface area contributed by atoms with Crippen LogP contribution in [0.2, 0.25) is 0 Å². The first-order valence-corrected chi connectivity index (χ1v) is 9.98. The highest BCUT2D eigenvalue weighted by molar-refractivity contribution is 9.10. The lowest BCUT2D eigenvalue weighted by atomic mass is 10.1. The molecular formula is C16H17BrN2O3S. The van der Waals surface area contributed by atoms with Gasteiger partial charge in [0.25, 0.3) is 10.1 Å². The maximum Gasteiger partial charge on any atom is 0.264 e. The van der Waals surface area contributed by atoms with E-state index in [1.54, 1.807) is 0 Å². The van der Waals surface area contributed by atoms with Crippen LogP contribution in [-0.4, -0.2) is 25.3 Å². The van der Waals surface area contributed by atoms with Crippen molar-refractivity contribution < 1.29 is 12.6 Å². The number of rotatable bonds is 3. The second kappa shape index (κ2) is 5.93. The summed E-state index contributed by atoms with van der Waals surface area (Å²) in [5, 5.41) is 10.2. The lowest BCUT2D eigenvalue weighted by molar-refractivity contribution is 0.214. The van der Waals surface area contributed by atoms with Crippen LogP contribution in [0.3, 0.4) is 0 Å². The van der Waals surface area contributed by atoms with Gasteiger partial charge in [0.05, 0.1) is 24.0 Å². The summed E-state index contributed by atoms with van der Waals surface area (Å²) in [5.41, 5.74) is 2.66. The molecule has 0 spiro atoms. The zero-order valence-corrected chi connectivity index (χ0v) is 15.3. The van der Waals surface area contributed by atoms with E-state index < -0.39 is 10.1 Å². The van der Waals surface area contributed by atoms with Crippen molar-refractivity contribution in [3.05, 3.63) is 33.9 Å². The molecule has 7 heteroatoms. The molecule has 5 nitrogen and oxygen atoms in total. The van der Waals surface area contributed by atoms with E-state index in [0.29, 0.717) is 12.0 Å². The van der Waals surface area contributed by atoms with Gasteiger partial charge in [-0.1, -0.05) is 0 Å². The van der Waals surface area contributed by atoms with E-state index in [4.69, 9.17) is 4.18 Å². The molecule has 122 valence electrons. The zero-order chi connectivity index (χ0) is 16.8. The number of nitrogens with zero attached hydrogens (tertiary/aromatic N) is 2. The van der Waals surface area contributed by atoms with Gasteiger partial charge in [0, 0.05) is 27.6 Å². The molecule has 0 aliphatic heterocycles. The van der Waals surface area contributed by atoms with Gasteiger partial charge >= 0.3 is 0 Å². The van der Waals surface area contributed by atoms with Gasteiger partial charge in [-0.25, -0.2) is 0 Å². The maximum atomic E-state index is 11.3. The normalized spacial score (nSPS) is 21.7. The Morgan fingerprint density at radius 1 is 1.39 bits per heavy atom. The molecule has 0 amide bonds. The number of aryl methyl sites for hydroxylation is 1. The van der Waals surface area contributed by atoms with Crippen LogP contribution in [0.1, 0.15) is 36.4 Å². The summed E-state index contributed by atoms with van der Waals surface area (Å²) in [5.74, 6) is 0. The van der Waals surface area contributed by atoms with Crippen molar-refractivity contribution in [1.82, 2.24) is 4.57 Å². The molecule has 0 radical (unpaired) electrons. The SMILES string of the molecule is Cc1cc2c(cc1C#N)c(Br)cn2C1CCC(OS(C)(=O)=O)C1. The number of benzene rings is 1. The fourth-order valence-electron chi connectivity index (χ4n) is 3.29. The van der Waals surface area contributed by atoms with Gasteiger partial charge in [0.2, 0.25) is 0 Å². The molecule has 0 bridgehead atoms. The van der Waals surface area contributed by atoms with Crippen LogP contribution in [0, 0.1) is 18.3 Å². The summed E-state index contributed by atoms with van der Waals surface area (Å²) >= 11 is 3.56. The van der Waals surface area contributed by atoms with Crippen LogP contribution in [0.15, 0.2) is 22.8 Å². The van der Waals surface area contributed by atoms with E-state index in [1.165, 1.54) is 0 Å². The van der Waals surface area contributed by atoms with Gasteiger partial charge in [-0.05, 0) is 59.8 Å². The Balaban J connectivity index is 1.96. The van der Waals surface area contributed by atoms with Crippen LogP contribution >= 0.6 is 15.9 Å². The lowest BCUT2D eigenvalue weighted by Crippen LogP contribution is -2.15. The Kier molecular flexibility index (Phi) is 4.25. The summed E-state index contributed by atoms with van der Waals surface area (Å²) in [6.07, 6.45) is 5.11. The van der Waals surface area contributed by atoms with Crippen LogP contribution in [0.25, 0.3) is 10.9 Å². The Labute approximate surface area is 144 Å². The molecule has 1 aliphatic carbocycles. The predicted molar refractivity (Wildman–Crippen MR) is 91.7 cm³/mol. The standard InChI is InChI=1S/C16H17BrN2O3S/c1-10-5-16-14(6-11(10)8-18)15(17)9-19(16)12-3-4-13(7-12)22-23(2,20)21/h5-6,9,12-13H,3-4,7H2,1-2H3. The van der Waals surface area contributed by atoms with Gasteiger partial charge in [-0.2, -0.15) is 13.7 Å². The minimum Gasteiger partial charge on any atom is -0.343 e. The van der Waals surface area contributed by atoms with Crippen molar-refractivity contribution in [3.8, 4) is 6.07 Å². The molecule has 1 fully saturated rings. The number of halogens is 1. The number of fused-ring (bicyclic) bond motifs is 1. The number of hydrogen-bond donors (Lipinski definition) is 0. The zero-order valence-electron chi connectivity index (χ0n) is 12.9. The van der Waals surface area contributed by atoms with Crippen LogP contribution < -0.4 is 0 Å². The van der Waals surface area contributed by atoms with E-state index >= 15 is 0 Å². The Morgan fingerprint density at radius 3 is 2.78 bits per heavy atom. The van der Waals surface area contributed by atoms with Gasteiger partial charge < -0.3 is 4.57 Å². The van der Waals surface area contributed by atoms with Gasteiger partial charge in [0.15, 0.2) is 0 Å². The highest BCUT2D eigenvalue weighted by atomic mass is 79.9. The molecule has 1 aliphatic rings. The Bertz CT molecular complexity index is 912. The highest BCUT2D eigenvalue weighted by Gasteiger charge is 2.30. The molecule has 1 aromatic heterocycles. The van der Waals surface area contributed by atoms with Crippen molar-refractivity contribution in [3.63, 3.8) is 0 Å². The molecule has 0 saturated heterocycles. The Morgan fingerprint density at radius 2 is 2.13 bits per heavy atom. The lowest BCUT2D eigenvalue weighted by Gasteiger charge is -2.15. The molecule has 2 atom stereocenters. The largest absolute Gasteiger partial charge is 0.343 e. The van der Waals surface area contributed by atoms with Crippen LogP contribution in [-0.2, 0) is 14.3 Å². The average molecular weight is 397 g/mol. The van der Waals surface area contributed by atoms with Gasteiger partial charge in [-0.3, -0.25) is 4.18 Å². The van der Waals surface area contributed by atoms with Gasteiger partial charge in [-0.15, -0.1) is 0 Å². The molecule has 0 N–H and O–H groups in total. The number of hydrogen-bond acceptors (Lipinski definition) is 4. The summed E-state index contributed by atoms with van der Waals surface area (Å²) in [4.78, 5) is 0. The summed E-state index contributed by atoms with van der Waals surface area (Å²) < 4.78 is 30.8. The minimum atomic E-state index is -3.42. The molecular weight excluding hydrogens is 380 g/mol. The van der Waals surface area contributed by atoms with Gasteiger partial charge in [0.1, 0.15) is 0 Å². The topological polar surface area (TPSA) is 72.1 Å². The van der Waals surface area contributed by atoms with Crippen molar-refractivity contribution in [1.29, 1.82) is 5.26 Å². The quantitative estimate of drug-likeness (QED) is 0.742. The Hall–Kier alpha value is -1.36. The molecule has 2 unspecified atom stereocenters. The monoisotopic (exact) mass is 396 g/mol. The molecule has 23 heavy (non-hydrogen) atoms.